The number of nitrogens with one attached hydrogen (secondary N) is 2. The van der Waals surface area contributed by atoms with E-state index in [1.807, 2.05) is 23.2 Å². The van der Waals surface area contributed by atoms with E-state index in [0.717, 1.165) is 37.6 Å². The minimum Gasteiger partial charge on any atom is -0.379 e. The Bertz CT molecular complexity index is 566. The Morgan fingerprint density at radius 2 is 1.72 bits per heavy atom. The highest BCUT2D eigenvalue weighted by molar-refractivity contribution is 5.93. The first-order chi connectivity index (χ1) is 12.1. The molecule has 2 N–H and O–H groups in total. The molecule has 2 heterocycles. The van der Waals surface area contributed by atoms with Crippen LogP contribution in [0.5, 0.6) is 0 Å². The molecule has 2 aliphatic heterocycles. The van der Waals surface area contributed by atoms with Gasteiger partial charge in [0, 0.05) is 45.3 Å². The summed E-state index contributed by atoms with van der Waals surface area (Å²) in [5, 5.41) is 4.89. The van der Waals surface area contributed by atoms with Crippen LogP contribution in [0, 0.1) is 0 Å². The molecule has 1 aromatic carbocycles. The molecule has 2 saturated heterocycles. The molecular formula is C18H29N5O2. The van der Waals surface area contributed by atoms with Gasteiger partial charge in [0.25, 0.3) is 0 Å². The summed E-state index contributed by atoms with van der Waals surface area (Å²) in [7, 11) is 0. The van der Waals surface area contributed by atoms with E-state index in [1.54, 1.807) is 0 Å². The molecule has 25 heavy (non-hydrogen) atoms. The number of amides is 2. The van der Waals surface area contributed by atoms with Crippen molar-refractivity contribution in [3.8, 4) is 0 Å². The summed E-state index contributed by atoms with van der Waals surface area (Å²) in [5.74, 6) is 0. The van der Waals surface area contributed by atoms with Gasteiger partial charge in [-0.3, -0.25) is 10.3 Å². The fourth-order valence-corrected chi connectivity index (χ4v) is 3.30. The van der Waals surface area contributed by atoms with Gasteiger partial charge in [0.1, 0.15) is 0 Å². The van der Waals surface area contributed by atoms with Crippen LogP contribution in [0.3, 0.4) is 0 Å². The predicted octanol–water partition coefficient (Wildman–Crippen LogP) is 1.59. The topological polar surface area (TPSA) is 60.1 Å². The van der Waals surface area contributed by atoms with Crippen molar-refractivity contribution in [3.63, 3.8) is 0 Å². The first kappa shape index (κ1) is 18.0. The third-order valence-electron chi connectivity index (χ3n) is 4.81. The van der Waals surface area contributed by atoms with E-state index in [2.05, 4.69) is 40.5 Å². The zero-order valence-corrected chi connectivity index (χ0v) is 15.2. The lowest BCUT2D eigenvalue weighted by Gasteiger charge is -2.38. The van der Waals surface area contributed by atoms with E-state index in [4.69, 9.17) is 4.74 Å². The van der Waals surface area contributed by atoms with Crippen LogP contribution in [0.4, 0.5) is 16.2 Å². The van der Waals surface area contributed by atoms with E-state index in [9.17, 15) is 4.79 Å². The number of nitrogens with zero attached hydrogens (tertiary/aromatic N) is 3. The smallest absolute Gasteiger partial charge is 0.333 e. The van der Waals surface area contributed by atoms with Crippen molar-refractivity contribution < 1.29 is 9.53 Å². The maximum absolute atomic E-state index is 12.3. The maximum Gasteiger partial charge on any atom is 0.333 e. The van der Waals surface area contributed by atoms with Crippen LogP contribution in [0.15, 0.2) is 24.3 Å². The third-order valence-corrected chi connectivity index (χ3v) is 4.81. The normalized spacial score (nSPS) is 19.9. The molecule has 0 aliphatic carbocycles. The molecule has 138 valence electrons. The highest BCUT2D eigenvalue weighted by atomic mass is 16.5. The number of hydrogen-bond donors (Lipinski definition) is 2. The van der Waals surface area contributed by atoms with Crippen LogP contribution in [0.1, 0.15) is 13.8 Å². The molecule has 0 unspecified atom stereocenters. The summed E-state index contributed by atoms with van der Waals surface area (Å²) in [6, 6.07) is 8.40. The van der Waals surface area contributed by atoms with Crippen molar-refractivity contribution in [1.82, 2.24) is 15.3 Å². The largest absolute Gasteiger partial charge is 0.379 e. The van der Waals surface area contributed by atoms with E-state index in [-0.39, 0.29) is 6.03 Å². The Morgan fingerprint density at radius 1 is 1.04 bits per heavy atom. The second kappa shape index (κ2) is 8.51. The number of benzene rings is 1. The lowest BCUT2D eigenvalue weighted by atomic mass is 10.2. The molecular weight excluding hydrogens is 318 g/mol. The van der Waals surface area contributed by atoms with Gasteiger partial charge in [-0.2, -0.15) is 0 Å². The van der Waals surface area contributed by atoms with Crippen LogP contribution >= 0.6 is 0 Å². The standard InChI is InChI=1S/C18H29N5O2/c1-15(2)21-7-9-22(10-8-21)17-6-4-3-5-16(17)19-18(24)20-23-11-13-25-14-12-23/h3-6,15H,7-14H2,1-2H3,(H2,19,20,24). The number of rotatable bonds is 4. The SMILES string of the molecule is CC(C)N1CCN(c2ccccc2NC(=O)NN2CCOCC2)CC1. The Kier molecular flexibility index (Phi) is 6.12. The minimum atomic E-state index is -0.199. The molecule has 0 aromatic heterocycles. The molecule has 0 saturated carbocycles. The summed E-state index contributed by atoms with van der Waals surface area (Å²) in [6.45, 7) is 11.2. The number of ether oxygens (including phenoxy) is 1. The van der Waals surface area contributed by atoms with Gasteiger partial charge in [-0.05, 0) is 26.0 Å². The van der Waals surface area contributed by atoms with E-state index < -0.39 is 0 Å². The lowest BCUT2D eigenvalue weighted by Crippen LogP contribution is -2.50. The van der Waals surface area contributed by atoms with Crippen molar-refractivity contribution in [1.29, 1.82) is 0 Å². The van der Waals surface area contributed by atoms with Crippen LogP contribution < -0.4 is 15.6 Å². The van der Waals surface area contributed by atoms with Crippen LogP contribution in [-0.4, -0.2) is 74.5 Å². The second-order valence-electron chi connectivity index (χ2n) is 6.80. The van der Waals surface area contributed by atoms with E-state index in [1.165, 1.54) is 0 Å². The second-order valence-corrected chi connectivity index (χ2v) is 6.80. The molecule has 0 radical (unpaired) electrons. The van der Waals surface area contributed by atoms with Crippen molar-refractivity contribution >= 4 is 17.4 Å². The Hall–Kier alpha value is -1.83. The molecule has 0 spiro atoms. The molecule has 2 aliphatic rings. The Morgan fingerprint density at radius 3 is 2.40 bits per heavy atom. The number of anilines is 2. The van der Waals surface area contributed by atoms with Gasteiger partial charge >= 0.3 is 6.03 Å². The predicted molar refractivity (Wildman–Crippen MR) is 99.9 cm³/mol. The number of carbonyl (C=O) groups excluding carboxylic acids is 1. The van der Waals surface area contributed by atoms with Gasteiger partial charge in [-0.15, -0.1) is 0 Å². The Balaban J connectivity index is 1.60. The summed E-state index contributed by atoms with van der Waals surface area (Å²) < 4.78 is 5.30. The van der Waals surface area contributed by atoms with Gasteiger partial charge in [0.15, 0.2) is 0 Å². The first-order valence-electron chi connectivity index (χ1n) is 9.12. The van der Waals surface area contributed by atoms with Crippen LogP contribution in [-0.2, 0) is 4.74 Å². The number of urea groups is 1. The number of piperazine rings is 1. The zero-order chi connectivity index (χ0) is 17.6. The van der Waals surface area contributed by atoms with Crippen LogP contribution in [0.2, 0.25) is 0 Å². The van der Waals surface area contributed by atoms with Crippen LogP contribution in [0.25, 0.3) is 0 Å². The fourth-order valence-electron chi connectivity index (χ4n) is 3.30. The third kappa shape index (κ3) is 4.84. The number of hydrazine groups is 1. The highest BCUT2D eigenvalue weighted by Gasteiger charge is 2.21. The number of carbonyl (C=O) groups is 1. The molecule has 0 bridgehead atoms. The molecule has 7 nitrogen and oxygen atoms in total. The number of hydrogen-bond acceptors (Lipinski definition) is 5. The Labute approximate surface area is 149 Å². The van der Waals surface area contributed by atoms with Gasteiger partial charge in [0.2, 0.25) is 0 Å². The summed E-state index contributed by atoms with van der Waals surface area (Å²) in [6.07, 6.45) is 0. The molecule has 0 atom stereocenters. The van der Waals surface area contributed by atoms with Crippen molar-refractivity contribution in [3.05, 3.63) is 24.3 Å². The summed E-state index contributed by atoms with van der Waals surface area (Å²) in [5.41, 5.74) is 4.84. The first-order valence-corrected chi connectivity index (χ1v) is 9.12. The lowest BCUT2D eigenvalue weighted by molar-refractivity contribution is 0.0207. The van der Waals surface area contributed by atoms with E-state index in [0.29, 0.717) is 32.3 Å². The van der Waals surface area contributed by atoms with Gasteiger partial charge < -0.3 is 15.0 Å². The van der Waals surface area contributed by atoms with Gasteiger partial charge in [0.05, 0.1) is 24.6 Å². The maximum atomic E-state index is 12.3. The highest BCUT2D eigenvalue weighted by Crippen LogP contribution is 2.26. The fraction of sp³-hybridized carbons (Fsp3) is 0.611. The average molecular weight is 347 g/mol. The monoisotopic (exact) mass is 347 g/mol. The average Bonchev–Trinajstić information content (AvgIpc) is 2.63. The quantitative estimate of drug-likeness (QED) is 0.866. The van der Waals surface area contributed by atoms with Crippen molar-refractivity contribution in [2.24, 2.45) is 0 Å². The minimum absolute atomic E-state index is 0.199. The molecule has 3 rings (SSSR count). The number of para-hydroxylation sites is 2. The zero-order valence-electron chi connectivity index (χ0n) is 15.2. The van der Waals surface area contributed by atoms with E-state index >= 15 is 0 Å². The molecule has 1 aromatic rings. The van der Waals surface area contributed by atoms with Crippen molar-refractivity contribution in [2.75, 3.05) is 62.7 Å². The van der Waals surface area contributed by atoms with Gasteiger partial charge in [-0.25, -0.2) is 9.80 Å². The van der Waals surface area contributed by atoms with Crippen molar-refractivity contribution in [2.45, 2.75) is 19.9 Å². The number of morpholine rings is 1. The summed E-state index contributed by atoms with van der Waals surface area (Å²) >= 11 is 0. The van der Waals surface area contributed by atoms with Gasteiger partial charge in [-0.1, -0.05) is 12.1 Å². The summed E-state index contributed by atoms with van der Waals surface area (Å²) in [4.78, 5) is 17.2. The molecule has 2 amide bonds. The molecule has 7 heteroatoms. The molecule has 2 fully saturated rings.